The summed E-state index contributed by atoms with van der Waals surface area (Å²) in [5.74, 6) is 1.46. The molecular formula is C11H11ClN2O2. The maximum absolute atomic E-state index is 10.9. The quantitative estimate of drug-likeness (QED) is 0.588. The summed E-state index contributed by atoms with van der Waals surface area (Å²) in [6, 6.07) is 4.86. The number of hydrogen-bond donors (Lipinski definition) is 0. The molecule has 0 aromatic heterocycles. The van der Waals surface area contributed by atoms with Gasteiger partial charge in [-0.1, -0.05) is 17.7 Å². The average molecular weight is 239 g/mol. The molecule has 1 saturated heterocycles. The van der Waals surface area contributed by atoms with E-state index in [4.69, 9.17) is 11.6 Å². The van der Waals surface area contributed by atoms with Gasteiger partial charge in [0.1, 0.15) is 5.69 Å². The molecule has 0 amide bonds. The first-order valence-corrected chi connectivity index (χ1v) is 5.72. The number of piperidine rings is 1. The zero-order chi connectivity index (χ0) is 11.3. The van der Waals surface area contributed by atoms with E-state index in [1.165, 1.54) is 12.5 Å². The van der Waals surface area contributed by atoms with Crippen LogP contribution in [0, 0.1) is 22.0 Å². The summed E-state index contributed by atoms with van der Waals surface area (Å²) in [5, 5.41) is 11.4. The summed E-state index contributed by atoms with van der Waals surface area (Å²) in [7, 11) is 0. The third-order valence-electron chi connectivity index (χ3n) is 3.46. The van der Waals surface area contributed by atoms with Crippen LogP contribution < -0.4 is 4.90 Å². The smallest absolute Gasteiger partial charge is 0.294 e. The second-order valence-electron chi connectivity index (χ2n) is 4.53. The molecule has 84 valence electrons. The fourth-order valence-corrected chi connectivity index (χ4v) is 2.83. The van der Waals surface area contributed by atoms with Crippen LogP contribution in [-0.2, 0) is 0 Å². The minimum Gasteiger partial charge on any atom is -0.364 e. The lowest BCUT2D eigenvalue weighted by atomic mass is 10.2. The highest BCUT2D eigenvalue weighted by Crippen LogP contribution is 2.49. The molecule has 1 aliphatic carbocycles. The number of fused-ring (bicyclic) bond motifs is 1. The van der Waals surface area contributed by atoms with Gasteiger partial charge in [0.25, 0.3) is 5.69 Å². The molecule has 1 aromatic carbocycles. The Balaban J connectivity index is 2.00. The molecule has 1 aromatic rings. The first-order chi connectivity index (χ1) is 7.66. The van der Waals surface area contributed by atoms with Crippen LogP contribution in [0.3, 0.4) is 0 Å². The Morgan fingerprint density at radius 1 is 1.38 bits per heavy atom. The first-order valence-electron chi connectivity index (χ1n) is 5.34. The lowest BCUT2D eigenvalue weighted by molar-refractivity contribution is -0.384. The summed E-state index contributed by atoms with van der Waals surface area (Å²) >= 11 is 6.07. The molecule has 2 aliphatic rings. The molecule has 0 radical (unpaired) electrons. The summed E-state index contributed by atoms with van der Waals surface area (Å²) in [4.78, 5) is 12.6. The standard InChI is InChI=1S/C11H11ClN2O2/c12-9-2-1-3-10(14(15)16)11(9)13-5-7-4-8(7)6-13/h1-3,7-8H,4-6H2. The van der Waals surface area contributed by atoms with Gasteiger partial charge in [0.2, 0.25) is 0 Å². The van der Waals surface area contributed by atoms with Crippen molar-refractivity contribution in [3.63, 3.8) is 0 Å². The van der Waals surface area contributed by atoms with E-state index in [9.17, 15) is 10.1 Å². The zero-order valence-electron chi connectivity index (χ0n) is 8.60. The average Bonchev–Trinajstić information content (AvgIpc) is 2.85. The molecule has 2 unspecified atom stereocenters. The van der Waals surface area contributed by atoms with E-state index < -0.39 is 0 Å². The molecule has 1 heterocycles. The summed E-state index contributed by atoms with van der Waals surface area (Å²) in [6.07, 6.45) is 1.27. The van der Waals surface area contributed by atoms with Gasteiger partial charge in [-0.3, -0.25) is 10.1 Å². The number of para-hydroxylation sites is 1. The molecule has 0 N–H and O–H groups in total. The molecule has 3 rings (SSSR count). The Kier molecular flexibility index (Phi) is 2.07. The maximum atomic E-state index is 10.9. The minimum atomic E-state index is -0.356. The Labute approximate surface area is 98.0 Å². The van der Waals surface area contributed by atoms with E-state index >= 15 is 0 Å². The molecule has 0 spiro atoms. The van der Waals surface area contributed by atoms with Crippen LogP contribution in [0.15, 0.2) is 18.2 Å². The van der Waals surface area contributed by atoms with E-state index in [0.29, 0.717) is 10.7 Å². The normalized spacial score (nSPS) is 26.7. The molecule has 4 nitrogen and oxygen atoms in total. The fourth-order valence-electron chi connectivity index (χ4n) is 2.55. The molecule has 1 aliphatic heterocycles. The second kappa shape index (κ2) is 3.35. The first kappa shape index (κ1) is 9.90. The minimum absolute atomic E-state index is 0.119. The molecular weight excluding hydrogens is 228 g/mol. The van der Waals surface area contributed by atoms with E-state index in [1.807, 2.05) is 0 Å². The van der Waals surface area contributed by atoms with Crippen LogP contribution in [0.2, 0.25) is 5.02 Å². The summed E-state index contributed by atoms with van der Waals surface area (Å²) < 4.78 is 0. The van der Waals surface area contributed by atoms with Gasteiger partial charge in [0, 0.05) is 19.2 Å². The van der Waals surface area contributed by atoms with Gasteiger partial charge in [-0.25, -0.2) is 0 Å². The summed E-state index contributed by atoms with van der Waals surface area (Å²) in [5.41, 5.74) is 0.718. The highest BCUT2D eigenvalue weighted by Gasteiger charge is 2.46. The Morgan fingerprint density at radius 2 is 2.06 bits per heavy atom. The largest absolute Gasteiger partial charge is 0.364 e. The van der Waals surface area contributed by atoms with Gasteiger partial charge in [-0.05, 0) is 24.3 Å². The van der Waals surface area contributed by atoms with E-state index in [0.717, 1.165) is 24.9 Å². The predicted molar refractivity (Wildman–Crippen MR) is 61.9 cm³/mol. The van der Waals surface area contributed by atoms with Crippen LogP contribution in [0.1, 0.15) is 6.42 Å². The van der Waals surface area contributed by atoms with Gasteiger partial charge in [-0.2, -0.15) is 0 Å². The third kappa shape index (κ3) is 1.45. The molecule has 5 heteroatoms. The van der Waals surface area contributed by atoms with Crippen LogP contribution in [0.25, 0.3) is 0 Å². The number of nitro benzene ring substituents is 1. The van der Waals surface area contributed by atoms with Crippen molar-refractivity contribution in [2.75, 3.05) is 18.0 Å². The number of anilines is 1. The zero-order valence-corrected chi connectivity index (χ0v) is 9.35. The predicted octanol–water partition coefficient (Wildman–Crippen LogP) is 2.70. The number of halogens is 1. The number of nitro groups is 1. The maximum Gasteiger partial charge on any atom is 0.294 e. The Morgan fingerprint density at radius 3 is 2.69 bits per heavy atom. The summed E-state index contributed by atoms with van der Waals surface area (Å²) in [6.45, 7) is 1.82. The second-order valence-corrected chi connectivity index (χ2v) is 4.93. The molecule has 2 fully saturated rings. The number of hydrogen-bond acceptors (Lipinski definition) is 3. The number of rotatable bonds is 2. The SMILES string of the molecule is O=[N+]([O-])c1cccc(Cl)c1N1CC2CC2C1. The molecule has 2 atom stereocenters. The van der Waals surface area contributed by atoms with Crippen LogP contribution in [0.4, 0.5) is 11.4 Å². The van der Waals surface area contributed by atoms with E-state index in [2.05, 4.69) is 4.90 Å². The van der Waals surface area contributed by atoms with E-state index in [1.54, 1.807) is 12.1 Å². The van der Waals surface area contributed by atoms with Gasteiger partial charge < -0.3 is 4.90 Å². The monoisotopic (exact) mass is 238 g/mol. The Bertz CT molecular complexity index is 453. The van der Waals surface area contributed by atoms with Crippen molar-refractivity contribution < 1.29 is 4.92 Å². The molecule has 1 saturated carbocycles. The highest BCUT2D eigenvalue weighted by molar-refractivity contribution is 6.33. The van der Waals surface area contributed by atoms with Crippen molar-refractivity contribution in [2.24, 2.45) is 11.8 Å². The Hall–Kier alpha value is -1.29. The van der Waals surface area contributed by atoms with Crippen LogP contribution in [-0.4, -0.2) is 18.0 Å². The van der Waals surface area contributed by atoms with Gasteiger partial charge >= 0.3 is 0 Å². The fraction of sp³-hybridized carbons (Fsp3) is 0.455. The van der Waals surface area contributed by atoms with Crippen molar-refractivity contribution in [1.82, 2.24) is 0 Å². The van der Waals surface area contributed by atoms with Crippen molar-refractivity contribution in [3.05, 3.63) is 33.3 Å². The molecule has 0 bridgehead atoms. The van der Waals surface area contributed by atoms with E-state index in [-0.39, 0.29) is 10.6 Å². The highest BCUT2D eigenvalue weighted by atomic mass is 35.5. The third-order valence-corrected chi connectivity index (χ3v) is 3.76. The number of benzene rings is 1. The topological polar surface area (TPSA) is 46.4 Å². The van der Waals surface area contributed by atoms with Crippen molar-refractivity contribution >= 4 is 23.0 Å². The molecule has 16 heavy (non-hydrogen) atoms. The van der Waals surface area contributed by atoms with Gasteiger partial charge in [-0.15, -0.1) is 0 Å². The van der Waals surface area contributed by atoms with Gasteiger partial charge in [0.05, 0.1) is 9.95 Å². The lowest BCUT2D eigenvalue weighted by Gasteiger charge is -2.20. The van der Waals surface area contributed by atoms with Crippen LogP contribution >= 0.6 is 11.6 Å². The van der Waals surface area contributed by atoms with Gasteiger partial charge in [0.15, 0.2) is 0 Å². The lowest BCUT2D eigenvalue weighted by Crippen LogP contribution is -2.23. The van der Waals surface area contributed by atoms with Crippen LogP contribution in [0.5, 0.6) is 0 Å². The van der Waals surface area contributed by atoms with Crippen molar-refractivity contribution in [1.29, 1.82) is 0 Å². The van der Waals surface area contributed by atoms with Crippen molar-refractivity contribution in [2.45, 2.75) is 6.42 Å². The number of nitrogens with zero attached hydrogens (tertiary/aromatic N) is 2. The van der Waals surface area contributed by atoms with Crippen molar-refractivity contribution in [3.8, 4) is 0 Å².